The highest BCUT2D eigenvalue weighted by atomic mass is 79.9. The van der Waals surface area contributed by atoms with Gasteiger partial charge in [0.2, 0.25) is 0 Å². The Morgan fingerprint density at radius 3 is 2.85 bits per heavy atom. The Morgan fingerprint density at radius 2 is 2.25 bits per heavy atom. The van der Waals surface area contributed by atoms with E-state index in [1.807, 2.05) is 6.07 Å². The topological polar surface area (TPSA) is 21.3 Å². The van der Waals surface area contributed by atoms with Crippen LogP contribution in [0.1, 0.15) is 32.3 Å². The maximum Gasteiger partial charge on any atom is 0.124 e. The molecule has 0 aromatic heterocycles. The second-order valence-electron chi connectivity index (χ2n) is 5.64. The maximum atomic E-state index is 13.5. The molecule has 3 atom stereocenters. The molecule has 1 aromatic carbocycles. The Bertz CT molecular complexity index is 420. The Balaban J connectivity index is 2.09. The van der Waals surface area contributed by atoms with Gasteiger partial charge in [0.1, 0.15) is 5.82 Å². The molecule has 1 heterocycles. The minimum absolute atomic E-state index is 0.191. The Kier molecular flexibility index (Phi) is 6.00. The third-order valence-electron chi connectivity index (χ3n) is 3.88. The van der Waals surface area contributed by atoms with E-state index >= 15 is 0 Å². The van der Waals surface area contributed by atoms with E-state index in [4.69, 9.17) is 4.74 Å². The van der Waals surface area contributed by atoms with Gasteiger partial charge in [-0.25, -0.2) is 4.39 Å². The summed E-state index contributed by atoms with van der Waals surface area (Å²) in [5.74, 6) is 0.366. The second-order valence-corrected chi connectivity index (χ2v) is 6.56. The van der Waals surface area contributed by atoms with Crippen LogP contribution in [0.5, 0.6) is 0 Å². The van der Waals surface area contributed by atoms with Crippen molar-refractivity contribution >= 4 is 15.9 Å². The lowest BCUT2D eigenvalue weighted by molar-refractivity contribution is 0.0610. The monoisotopic (exact) mass is 343 g/mol. The molecule has 0 aliphatic carbocycles. The lowest BCUT2D eigenvalue weighted by Crippen LogP contribution is -2.44. The molecule has 1 aliphatic heterocycles. The summed E-state index contributed by atoms with van der Waals surface area (Å²) >= 11 is 3.36. The number of benzene rings is 1. The van der Waals surface area contributed by atoms with Crippen LogP contribution < -0.4 is 5.32 Å². The molecular formula is C16H23BrFNO. The summed E-state index contributed by atoms with van der Waals surface area (Å²) in [5, 5.41) is 3.57. The Labute approximate surface area is 129 Å². The van der Waals surface area contributed by atoms with Gasteiger partial charge < -0.3 is 10.1 Å². The maximum absolute atomic E-state index is 13.5. The van der Waals surface area contributed by atoms with Crippen LogP contribution in [0.4, 0.5) is 4.39 Å². The van der Waals surface area contributed by atoms with Gasteiger partial charge in [-0.2, -0.15) is 0 Å². The fraction of sp³-hybridized carbons (Fsp3) is 0.625. The van der Waals surface area contributed by atoms with Crippen molar-refractivity contribution in [3.8, 4) is 0 Å². The van der Waals surface area contributed by atoms with E-state index in [0.29, 0.717) is 5.92 Å². The number of halogens is 2. The van der Waals surface area contributed by atoms with Crippen LogP contribution in [0.15, 0.2) is 22.7 Å². The Hall–Kier alpha value is -0.450. The first kappa shape index (κ1) is 15.9. The summed E-state index contributed by atoms with van der Waals surface area (Å²) in [6, 6.07) is 5.35. The first-order valence-electron chi connectivity index (χ1n) is 7.40. The highest BCUT2D eigenvalue weighted by Gasteiger charge is 2.31. The molecule has 0 bridgehead atoms. The van der Waals surface area contributed by atoms with Crippen molar-refractivity contribution in [1.82, 2.24) is 5.32 Å². The molecule has 20 heavy (non-hydrogen) atoms. The molecule has 0 radical (unpaired) electrons. The van der Waals surface area contributed by atoms with E-state index in [-0.39, 0.29) is 18.0 Å². The highest BCUT2D eigenvalue weighted by Crippen LogP contribution is 2.25. The van der Waals surface area contributed by atoms with Gasteiger partial charge in [0.15, 0.2) is 0 Å². The number of ether oxygens (including phenoxy) is 1. The standard InChI is InChI=1S/C16H23BrFNO/c1-3-5-19-15(16-11(2)4-6-20-16)9-12-7-13(17)10-14(18)8-12/h7-8,10-11,15-16,19H,3-6,9H2,1-2H3. The molecule has 1 aliphatic rings. The average molecular weight is 344 g/mol. The second kappa shape index (κ2) is 7.53. The van der Waals surface area contributed by atoms with Gasteiger partial charge in [-0.3, -0.25) is 0 Å². The van der Waals surface area contributed by atoms with Crippen LogP contribution in [0, 0.1) is 11.7 Å². The molecule has 112 valence electrons. The van der Waals surface area contributed by atoms with E-state index in [0.717, 1.165) is 42.5 Å². The van der Waals surface area contributed by atoms with Crippen LogP contribution in [-0.2, 0) is 11.2 Å². The van der Waals surface area contributed by atoms with Crippen molar-refractivity contribution < 1.29 is 9.13 Å². The lowest BCUT2D eigenvalue weighted by Gasteiger charge is -2.27. The third kappa shape index (κ3) is 4.27. The van der Waals surface area contributed by atoms with Gasteiger partial charge in [0, 0.05) is 17.1 Å². The molecule has 2 nitrogen and oxygen atoms in total. The summed E-state index contributed by atoms with van der Waals surface area (Å²) in [5.41, 5.74) is 1.01. The summed E-state index contributed by atoms with van der Waals surface area (Å²) in [4.78, 5) is 0. The minimum Gasteiger partial charge on any atom is -0.376 e. The van der Waals surface area contributed by atoms with E-state index in [9.17, 15) is 4.39 Å². The molecule has 1 saturated heterocycles. The van der Waals surface area contributed by atoms with Crippen LogP contribution in [0.2, 0.25) is 0 Å². The third-order valence-corrected chi connectivity index (χ3v) is 4.33. The molecule has 0 spiro atoms. The average Bonchev–Trinajstić information content (AvgIpc) is 2.79. The molecule has 0 amide bonds. The lowest BCUT2D eigenvalue weighted by atomic mass is 9.93. The molecule has 1 fully saturated rings. The van der Waals surface area contributed by atoms with Crippen molar-refractivity contribution in [3.05, 3.63) is 34.1 Å². The molecule has 1 N–H and O–H groups in total. The Morgan fingerprint density at radius 1 is 1.45 bits per heavy atom. The summed E-state index contributed by atoms with van der Waals surface area (Å²) < 4.78 is 20.2. The van der Waals surface area contributed by atoms with Gasteiger partial charge in [-0.05, 0) is 55.5 Å². The predicted molar refractivity (Wildman–Crippen MR) is 83.4 cm³/mol. The van der Waals surface area contributed by atoms with Crippen LogP contribution in [-0.4, -0.2) is 25.3 Å². The van der Waals surface area contributed by atoms with E-state index in [2.05, 4.69) is 35.1 Å². The van der Waals surface area contributed by atoms with Crippen LogP contribution >= 0.6 is 15.9 Å². The van der Waals surface area contributed by atoms with Crippen molar-refractivity contribution in [3.63, 3.8) is 0 Å². The number of hydrogen-bond acceptors (Lipinski definition) is 2. The molecule has 4 heteroatoms. The zero-order valence-electron chi connectivity index (χ0n) is 12.2. The van der Waals surface area contributed by atoms with Crippen molar-refractivity contribution in [2.45, 2.75) is 45.3 Å². The van der Waals surface area contributed by atoms with Gasteiger partial charge in [-0.15, -0.1) is 0 Å². The molecule has 1 aromatic rings. The molecule has 3 unspecified atom stereocenters. The molecule has 0 saturated carbocycles. The van der Waals surface area contributed by atoms with Gasteiger partial charge in [0.25, 0.3) is 0 Å². The van der Waals surface area contributed by atoms with E-state index in [1.54, 1.807) is 6.07 Å². The molecular weight excluding hydrogens is 321 g/mol. The van der Waals surface area contributed by atoms with E-state index < -0.39 is 0 Å². The van der Waals surface area contributed by atoms with Gasteiger partial charge in [0.05, 0.1) is 6.10 Å². The zero-order valence-corrected chi connectivity index (χ0v) is 13.7. The number of hydrogen-bond donors (Lipinski definition) is 1. The quantitative estimate of drug-likeness (QED) is 0.845. The first-order chi connectivity index (χ1) is 9.60. The molecule has 2 rings (SSSR count). The largest absolute Gasteiger partial charge is 0.376 e. The predicted octanol–water partition coefficient (Wildman–Crippen LogP) is 3.92. The van der Waals surface area contributed by atoms with Gasteiger partial charge in [-0.1, -0.05) is 29.8 Å². The fourth-order valence-corrected chi connectivity index (χ4v) is 3.36. The van der Waals surface area contributed by atoms with Gasteiger partial charge >= 0.3 is 0 Å². The minimum atomic E-state index is -0.191. The first-order valence-corrected chi connectivity index (χ1v) is 8.19. The summed E-state index contributed by atoms with van der Waals surface area (Å²) in [7, 11) is 0. The van der Waals surface area contributed by atoms with Crippen molar-refractivity contribution in [1.29, 1.82) is 0 Å². The fourth-order valence-electron chi connectivity index (χ4n) is 2.85. The number of nitrogens with one attached hydrogen (secondary N) is 1. The smallest absolute Gasteiger partial charge is 0.124 e. The summed E-state index contributed by atoms with van der Waals surface area (Å²) in [6.07, 6.45) is 3.22. The zero-order chi connectivity index (χ0) is 14.5. The summed E-state index contributed by atoms with van der Waals surface area (Å²) in [6.45, 7) is 6.19. The SMILES string of the molecule is CCCNC(Cc1cc(F)cc(Br)c1)C1OCCC1C. The van der Waals surface area contributed by atoms with Crippen molar-refractivity contribution in [2.75, 3.05) is 13.2 Å². The van der Waals surface area contributed by atoms with Crippen LogP contribution in [0.3, 0.4) is 0 Å². The number of rotatable bonds is 6. The van der Waals surface area contributed by atoms with Crippen LogP contribution in [0.25, 0.3) is 0 Å². The van der Waals surface area contributed by atoms with E-state index in [1.165, 1.54) is 6.07 Å². The highest BCUT2D eigenvalue weighted by molar-refractivity contribution is 9.10. The normalized spacial score (nSPS) is 24.0. The van der Waals surface area contributed by atoms with Crippen molar-refractivity contribution in [2.24, 2.45) is 5.92 Å².